The number of thioether (sulfide) groups is 1. The van der Waals surface area contributed by atoms with Crippen molar-refractivity contribution in [1.29, 1.82) is 0 Å². The van der Waals surface area contributed by atoms with Crippen molar-refractivity contribution in [1.82, 2.24) is 15.1 Å². The number of hydrogen-bond acceptors (Lipinski definition) is 7. The van der Waals surface area contributed by atoms with Crippen LogP contribution >= 0.6 is 23.1 Å². The van der Waals surface area contributed by atoms with Crippen LogP contribution in [0.25, 0.3) is 21.8 Å². The van der Waals surface area contributed by atoms with Crippen LogP contribution in [-0.2, 0) is 5.75 Å². The highest BCUT2D eigenvalue weighted by Gasteiger charge is 2.12. The molecule has 0 fully saturated rings. The van der Waals surface area contributed by atoms with Crippen LogP contribution in [0.5, 0.6) is 0 Å². The molecule has 1 aromatic carbocycles. The van der Waals surface area contributed by atoms with E-state index in [4.69, 9.17) is 8.94 Å². The molecular formula is C14H9N3O2S2. The van der Waals surface area contributed by atoms with E-state index >= 15 is 0 Å². The highest BCUT2D eigenvalue weighted by Crippen LogP contribution is 2.27. The predicted molar refractivity (Wildman–Crippen MR) is 81.2 cm³/mol. The van der Waals surface area contributed by atoms with E-state index in [1.165, 1.54) is 11.8 Å². The van der Waals surface area contributed by atoms with Crippen LogP contribution < -0.4 is 0 Å². The van der Waals surface area contributed by atoms with E-state index in [0.717, 1.165) is 16.0 Å². The summed E-state index contributed by atoms with van der Waals surface area (Å²) >= 11 is 3.02. The zero-order valence-corrected chi connectivity index (χ0v) is 12.4. The number of thiophene rings is 1. The van der Waals surface area contributed by atoms with Gasteiger partial charge in [-0.3, -0.25) is 0 Å². The second kappa shape index (κ2) is 5.34. The zero-order valence-electron chi connectivity index (χ0n) is 10.7. The molecule has 0 aliphatic carbocycles. The molecule has 104 valence electrons. The molecule has 7 heteroatoms. The van der Waals surface area contributed by atoms with Gasteiger partial charge in [0.05, 0.1) is 10.6 Å². The van der Waals surface area contributed by atoms with E-state index in [1.54, 1.807) is 11.3 Å². The third-order valence-corrected chi connectivity index (χ3v) is 4.48. The highest BCUT2D eigenvalue weighted by molar-refractivity contribution is 7.98. The summed E-state index contributed by atoms with van der Waals surface area (Å²) in [6.45, 7) is 0. The van der Waals surface area contributed by atoms with Crippen molar-refractivity contribution >= 4 is 34.2 Å². The molecular weight excluding hydrogens is 306 g/mol. The van der Waals surface area contributed by atoms with Gasteiger partial charge in [0.25, 0.3) is 5.22 Å². The van der Waals surface area contributed by atoms with Crippen LogP contribution in [-0.4, -0.2) is 15.1 Å². The molecule has 0 bridgehead atoms. The number of fused-ring (bicyclic) bond motifs is 1. The SMILES string of the molecule is c1csc(-c2noc(CSc3nc4ccccc4o3)n2)c1. The highest BCUT2D eigenvalue weighted by atomic mass is 32.2. The molecule has 0 amide bonds. The lowest BCUT2D eigenvalue weighted by Gasteiger charge is -1.89. The molecule has 4 rings (SSSR count). The van der Waals surface area contributed by atoms with Gasteiger partial charge in [0.15, 0.2) is 5.58 Å². The lowest BCUT2D eigenvalue weighted by atomic mass is 10.3. The van der Waals surface area contributed by atoms with Gasteiger partial charge in [-0.2, -0.15) is 4.98 Å². The molecule has 21 heavy (non-hydrogen) atoms. The molecule has 0 saturated heterocycles. The van der Waals surface area contributed by atoms with E-state index in [9.17, 15) is 0 Å². The van der Waals surface area contributed by atoms with Crippen molar-refractivity contribution in [2.45, 2.75) is 11.0 Å². The number of benzene rings is 1. The van der Waals surface area contributed by atoms with E-state index < -0.39 is 0 Å². The molecule has 0 radical (unpaired) electrons. The lowest BCUT2D eigenvalue weighted by Crippen LogP contribution is -1.81. The Labute approximate surface area is 128 Å². The van der Waals surface area contributed by atoms with Gasteiger partial charge < -0.3 is 8.94 Å². The minimum Gasteiger partial charge on any atom is -0.431 e. The molecule has 0 unspecified atom stereocenters. The number of nitrogens with zero attached hydrogens (tertiary/aromatic N) is 3. The van der Waals surface area contributed by atoms with Gasteiger partial charge >= 0.3 is 0 Å². The number of rotatable bonds is 4. The van der Waals surface area contributed by atoms with Gasteiger partial charge in [-0.25, -0.2) is 4.98 Å². The molecule has 3 aromatic heterocycles. The third kappa shape index (κ3) is 2.57. The van der Waals surface area contributed by atoms with Crippen LogP contribution in [0.3, 0.4) is 0 Å². The van der Waals surface area contributed by atoms with Gasteiger partial charge in [0.1, 0.15) is 5.52 Å². The first kappa shape index (κ1) is 12.6. The molecule has 0 aliphatic heterocycles. The minimum absolute atomic E-state index is 0.533. The van der Waals surface area contributed by atoms with Crippen LogP contribution in [0.1, 0.15) is 5.89 Å². The molecule has 0 atom stereocenters. The van der Waals surface area contributed by atoms with Crippen molar-refractivity contribution in [3.63, 3.8) is 0 Å². The summed E-state index contributed by atoms with van der Waals surface area (Å²) in [5, 5.41) is 6.56. The average Bonchev–Trinajstić information content (AvgIpc) is 3.23. The maximum Gasteiger partial charge on any atom is 0.257 e. The van der Waals surface area contributed by atoms with Crippen molar-refractivity contribution < 1.29 is 8.94 Å². The first-order chi connectivity index (χ1) is 10.4. The van der Waals surface area contributed by atoms with Crippen molar-refractivity contribution in [3.8, 4) is 10.7 Å². The fourth-order valence-corrected chi connectivity index (χ4v) is 3.18. The summed E-state index contributed by atoms with van der Waals surface area (Å²) in [4.78, 5) is 9.75. The standard InChI is InChI=1S/C14H9N3O2S2/c1-2-5-10-9(4-1)15-14(18-10)21-8-12-16-13(17-19-12)11-6-3-7-20-11/h1-7H,8H2. The van der Waals surface area contributed by atoms with Crippen LogP contribution in [0, 0.1) is 0 Å². The number of oxazole rings is 1. The van der Waals surface area contributed by atoms with Crippen molar-refractivity contribution in [2.24, 2.45) is 0 Å². The zero-order chi connectivity index (χ0) is 14.1. The van der Waals surface area contributed by atoms with Gasteiger partial charge in [-0.15, -0.1) is 11.3 Å². The molecule has 5 nitrogen and oxygen atoms in total. The first-order valence-corrected chi connectivity index (χ1v) is 8.10. The largest absolute Gasteiger partial charge is 0.431 e. The number of aromatic nitrogens is 3. The quantitative estimate of drug-likeness (QED) is 0.525. The summed E-state index contributed by atoms with van der Waals surface area (Å²) < 4.78 is 10.9. The third-order valence-electron chi connectivity index (χ3n) is 2.80. The second-order valence-electron chi connectivity index (χ2n) is 4.23. The van der Waals surface area contributed by atoms with Crippen LogP contribution in [0.4, 0.5) is 0 Å². The topological polar surface area (TPSA) is 65.0 Å². The summed E-state index contributed by atoms with van der Waals surface area (Å²) in [7, 11) is 0. The molecule has 3 heterocycles. The number of hydrogen-bond donors (Lipinski definition) is 0. The molecule has 0 N–H and O–H groups in total. The number of para-hydroxylation sites is 2. The minimum atomic E-state index is 0.533. The average molecular weight is 315 g/mol. The Balaban J connectivity index is 1.49. The Kier molecular flexibility index (Phi) is 3.21. The Morgan fingerprint density at radius 3 is 2.90 bits per heavy atom. The van der Waals surface area contributed by atoms with E-state index in [1.807, 2.05) is 41.8 Å². The predicted octanol–water partition coefficient (Wildman–Crippen LogP) is 4.23. The summed E-state index contributed by atoms with van der Waals surface area (Å²) in [6.07, 6.45) is 0. The lowest BCUT2D eigenvalue weighted by molar-refractivity contribution is 0.391. The summed E-state index contributed by atoms with van der Waals surface area (Å²) in [6, 6.07) is 11.6. The smallest absolute Gasteiger partial charge is 0.257 e. The van der Waals surface area contributed by atoms with E-state index in [0.29, 0.717) is 22.7 Å². The first-order valence-electron chi connectivity index (χ1n) is 6.23. The van der Waals surface area contributed by atoms with Gasteiger partial charge in [-0.05, 0) is 23.6 Å². The monoisotopic (exact) mass is 315 g/mol. The Bertz CT molecular complexity index is 834. The van der Waals surface area contributed by atoms with Gasteiger partial charge in [0, 0.05) is 0 Å². The maximum absolute atomic E-state index is 5.63. The van der Waals surface area contributed by atoms with E-state index in [-0.39, 0.29) is 0 Å². The summed E-state index contributed by atoms with van der Waals surface area (Å²) in [5.74, 6) is 1.72. The van der Waals surface area contributed by atoms with Gasteiger partial charge in [0.2, 0.25) is 11.7 Å². The van der Waals surface area contributed by atoms with Crippen LogP contribution in [0.2, 0.25) is 0 Å². The summed E-state index contributed by atoms with van der Waals surface area (Å²) in [5.41, 5.74) is 1.63. The molecule has 0 saturated carbocycles. The molecule has 0 aliphatic rings. The molecule has 0 spiro atoms. The fourth-order valence-electron chi connectivity index (χ4n) is 1.86. The van der Waals surface area contributed by atoms with Crippen molar-refractivity contribution in [3.05, 3.63) is 47.7 Å². The fraction of sp³-hybridized carbons (Fsp3) is 0.0714. The van der Waals surface area contributed by atoms with Crippen molar-refractivity contribution in [2.75, 3.05) is 0 Å². The van der Waals surface area contributed by atoms with Crippen LogP contribution in [0.15, 0.2) is 55.9 Å². The second-order valence-corrected chi connectivity index (χ2v) is 6.10. The normalized spacial score (nSPS) is 11.2. The molecule has 4 aromatic rings. The van der Waals surface area contributed by atoms with E-state index in [2.05, 4.69) is 15.1 Å². The Hall–Kier alpha value is -2.12. The Morgan fingerprint density at radius 2 is 2.05 bits per heavy atom. The van der Waals surface area contributed by atoms with Gasteiger partial charge in [-0.1, -0.05) is 35.1 Å². The Morgan fingerprint density at radius 1 is 1.10 bits per heavy atom. The maximum atomic E-state index is 5.63.